The van der Waals surface area contributed by atoms with E-state index in [0.717, 1.165) is 0 Å². The molecule has 2 aliphatic carbocycles. The lowest BCUT2D eigenvalue weighted by Gasteiger charge is -2.42. The summed E-state index contributed by atoms with van der Waals surface area (Å²) in [5.74, 6) is -3.96. The number of fused-ring (bicyclic) bond motifs is 3. The first-order chi connectivity index (χ1) is 20.4. The highest BCUT2D eigenvalue weighted by Crippen LogP contribution is 2.52. The number of benzene rings is 2. The van der Waals surface area contributed by atoms with Crippen LogP contribution in [0.4, 0.5) is 4.79 Å². The van der Waals surface area contributed by atoms with Gasteiger partial charge in [-0.05, 0) is 13.0 Å². The van der Waals surface area contributed by atoms with Crippen LogP contribution >= 0.6 is 0 Å². The van der Waals surface area contributed by atoms with Crippen molar-refractivity contribution in [2.24, 2.45) is 0 Å². The molecule has 2 aromatic rings. The third-order valence-electron chi connectivity index (χ3n) is 8.30. The van der Waals surface area contributed by atoms with Crippen LogP contribution in [0.3, 0.4) is 0 Å². The number of carbonyl (C=O) groups excluding carboxylic acids is 4. The minimum atomic E-state index is -2.30. The Morgan fingerprint density at radius 2 is 1.81 bits per heavy atom. The van der Waals surface area contributed by atoms with Crippen molar-refractivity contribution < 1.29 is 58.9 Å². The highest BCUT2D eigenvalue weighted by Gasteiger charge is 2.50. The third kappa shape index (κ3) is 4.90. The second-order valence-corrected chi connectivity index (χ2v) is 10.8. The summed E-state index contributed by atoms with van der Waals surface area (Å²) in [5, 5.41) is 59.5. The number of hydrogen-bond acceptors (Lipinski definition) is 12. The Balaban J connectivity index is 1.63. The Morgan fingerprint density at radius 1 is 1.12 bits per heavy atom. The van der Waals surface area contributed by atoms with Gasteiger partial charge in [0.25, 0.3) is 0 Å². The number of ketones is 3. The number of phenolic OH excluding ortho intramolecular Hbond substituents is 2. The van der Waals surface area contributed by atoms with E-state index in [0.29, 0.717) is 0 Å². The smallest absolute Gasteiger partial charge is 0.314 e. The molecule has 0 aromatic heterocycles. The molecular weight excluding hydrogens is 568 g/mol. The first kappa shape index (κ1) is 30.4. The second-order valence-electron chi connectivity index (χ2n) is 10.8. The summed E-state index contributed by atoms with van der Waals surface area (Å²) in [7, 11) is 2.71. The van der Waals surface area contributed by atoms with Gasteiger partial charge in [-0.2, -0.15) is 0 Å². The van der Waals surface area contributed by atoms with Crippen molar-refractivity contribution in [3.63, 3.8) is 0 Å². The Morgan fingerprint density at radius 3 is 2.47 bits per heavy atom. The van der Waals surface area contributed by atoms with Gasteiger partial charge in [0.1, 0.15) is 35.6 Å². The number of aliphatic hydroxyl groups excluding tert-OH is 2. The van der Waals surface area contributed by atoms with Gasteiger partial charge in [0.05, 0.1) is 42.0 Å². The number of ether oxygens (including phenoxy) is 3. The van der Waals surface area contributed by atoms with Crippen LogP contribution < -0.4 is 15.4 Å². The normalized spacial score (nSPS) is 27.9. The highest BCUT2D eigenvalue weighted by atomic mass is 16.7. The van der Waals surface area contributed by atoms with Gasteiger partial charge in [-0.1, -0.05) is 12.1 Å². The number of hydrogen-bond donors (Lipinski definition) is 7. The zero-order chi connectivity index (χ0) is 31.4. The van der Waals surface area contributed by atoms with Crippen molar-refractivity contribution >= 4 is 23.4 Å². The maximum atomic E-state index is 13.7. The minimum absolute atomic E-state index is 0.0744. The number of urea groups is 1. The van der Waals surface area contributed by atoms with E-state index in [2.05, 4.69) is 10.6 Å². The molecule has 2 amide bonds. The van der Waals surface area contributed by atoms with Crippen LogP contribution in [0.25, 0.3) is 0 Å². The SMILES string of the molecule is CNC(=O)N[C@H]1C[C@H](O[C@H]2C[C@](O)(C(=O)CO)Cc3c(O)c4c(c(O)c32)C(=O)c2c(OC)cccc2C4=O)O[C@@H](C)[C@H]1O. The molecule has 1 fully saturated rings. The van der Waals surface area contributed by atoms with Gasteiger partial charge < -0.3 is 50.4 Å². The molecule has 14 heteroatoms. The lowest BCUT2D eigenvalue weighted by atomic mass is 9.72. The van der Waals surface area contributed by atoms with Gasteiger partial charge in [0, 0.05) is 43.0 Å². The monoisotopic (exact) mass is 600 g/mol. The largest absolute Gasteiger partial charge is 0.507 e. The summed E-state index contributed by atoms with van der Waals surface area (Å²) >= 11 is 0. The molecule has 230 valence electrons. The van der Waals surface area contributed by atoms with Gasteiger partial charge in [-0.15, -0.1) is 0 Å². The topological polar surface area (TPSA) is 221 Å². The summed E-state index contributed by atoms with van der Waals surface area (Å²) in [4.78, 5) is 52.0. The van der Waals surface area contributed by atoms with Crippen molar-refractivity contribution in [1.29, 1.82) is 0 Å². The van der Waals surface area contributed by atoms with Crippen molar-refractivity contribution in [2.45, 2.75) is 62.4 Å². The maximum Gasteiger partial charge on any atom is 0.314 e. The average Bonchev–Trinajstić information content (AvgIpc) is 2.98. The van der Waals surface area contributed by atoms with Crippen molar-refractivity contribution in [1.82, 2.24) is 10.6 Å². The third-order valence-corrected chi connectivity index (χ3v) is 8.30. The van der Waals surface area contributed by atoms with E-state index in [9.17, 15) is 44.7 Å². The molecule has 0 bridgehead atoms. The van der Waals surface area contributed by atoms with Gasteiger partial charge in [0.2, 0.25) is 5.78 Å². The van der Waals surface area contributed by atoms with Gasteiger partial charge in [0.15, 0.2) is 17.9 Å². The zero-order valence-corrected chi connectivity index (χ0v) is 23.5. The second kappa shape index (κ2) is 11.2. The lowest BCUT2D eigenvalue weighted by Crippen LogP contribution is -2.57. The average molecular weight is 601 g/mol. The molecule has 1 aliphatic heterocycles. The molecule has 6 atom stereocenters. The fourth-order valence-electron chi connectivity index (χ4n) is 6.10. The molecule has 0 radical (unpaired) electrons. The summed E-state index contributed by atoms with van der Waals surface area (Å²) in [6, 6.07) is 2.91. The maximum absolute atomic E-state index is 13.7. The Kier molecular flexibility index (Phi) is 7.92. The molecular formula is C29H32N2O12. The first-order valence-corrected chi connectivity index (χ1v) is 13.6. The molecule has 7 N–H and O–H groups in total. The Hall–Kier alpha value is -4.08. The minimum Gasteiger partial charge on any atom is -0.507 e. The van der Waals surface area contributed by atoms with Crippen LogP contribution in [0.1, 0.15) is 68.8 Å². The molecule has 14 nitrogen and oxygen atoms in total. The molecule has 0 spiro atoms. The fraction of sp³-hybridized carbons (Fsp3) is 0.448. The molecule has 5 rings (SSSR count). The van der Waals surface area contributed by atoms with Crippen LogP contribution in [-0.4, -0.2) is 99.8 Å². The molecule has 1 heterocycles. The summed E-state index contributed by atoms with van der Waals surface area (Å²) in [5.41, 5.74) is -3.89. The number of Topliss-reactive ketones (excluding diaryl/α,β-unsaturated/α-hetero) is 1. The van der Waals surface area contributed by atoms with E-state index < -0.39 is 102 Å². The number of rotatable bonds is 6. The molecule has 3 aliphatic rings. The van der Waals surface area contributed by atoms with E-state index >= 15 is 0 Å². The lowest BCUT2D eigenvalue weighted by molar-refractivity contribution is -0.249. The van der Waals surface area contributed by atoms with Crippen molar-refractivity contribution in [2.75, 3.05) is 20.8 Å². The van der Waals surface area contributed by atoms with Gasteiger partial charge in [-0.3, -0.25) is 14.4 Å². The van der Waals surface area contributed by atoms with Crippen molar-refractivity contribution in [3.8, 4) is 17.2 Å². The van der Waals surface area contributed by atoms with Gasteiger partial charge in [-0.25, -0.2) is 4.79 Å². The molecule has 1 saturated heterocycles. The Bertz CT molecular complexity index is 1520. The number of amides is 2. The number of phenols is 2. The molecule has 43 heavy (non-hydrogen) atoms. The predicted octanol–water partition coefficient (Wildman–Crippen LogP) is -0.0284. The summed E-state index contributed by atoms with van der Waals surface area (Å²) in [6.07, 6.45) is -5.81. The van der Waals surface area contributed by atoms with Gasteiger partial charge >= 0.3 is 6.03 Å². The number of aliphatic hydroxyl groups is 3. The molecule has 0 unspecified atom stereocenters. The predicted molar refractivity (Wildman–Crippen MR) is 145 cm³/mol. The van der Waals surface area contributed by atoms with Crippen LogP contribution in [0.5, 0.6) is 17.2 Å². The van der Waals surface area contributed by atoms with Crippen LogP contribution in [0.2, 0.25) is 0 Å². The van der Waals surface area contributed by atoms with E-state index in [1.165, 1.54) is 39.3 Å². The fourth-order valence-corrected chi connectivity index (χ4v) is 6.10. The molecule has 2 aromatic carbocycles. The number of carbonyl (C=O) groups is 4. The standard InChI is InChI=1S/C29H32N2O12/c1-11-23(34)14(31-28(39)30-2)7-18(42-11)43-16-9-29(40,17(33)10-32)8-13-20(16)27(38)22-21(25(13)36)24(35)12-5-4-6-15(41-3)19(12)26(22)37/h4-6,11,14,16,18,23,32,34,36,38,40H,7-10H2,1-3H3,(H2,30,31,39)/t11-,14-,16-,18-,23+,29-/m0/s1. The van der Waals surface area contributed by atoms with E-state index in [-0.39, 0.29) is 34.4 Å². The number of nitrogens with one attached hydrogen (secondary N) is 2. The summed E-state index contributed by atoms with van der Waals surface area (Å²) < 4.78 is 17.2. The quantitative estimate of drug-likeness (QED) is 0.185. The first-order valence-electron chi connectivity index (χ1n) is 13.6. The van der Waals surface area contributed by atoms with E-state index in [1.54, 1.807) is 0 Å². The number of aromatic hydroxyl groups is 2. The Labute approximate surface area is 245 Å². The van der Waals surface area contributed by atoms with Crippen LogP contribution in [0.15, 0.2) is 18.2 Å². The zero-order valence-electron chi connectivity index (χ0n) is 23.5. The highest BCUT2D eigenvalue weighted by molar-refractivity contribution is 6.31. The molecule has 0 saturated carbocycles. The number of methoxy groups -OCH3 is 1. The summed E-state index contributed by atoms with van der Waals surface area (Å²) in [6.45, 7) is 0.482. The van der Waals surface area contributed by atoms with E-state index in [4.69, 9.17) is 14.2 Å². The van der Waals surface area contributed by atoms with E-state index in [1.807, 2.05) is 0 Å². The van der Waals surface area contributed by atoms with Crippen LogP contribution in [0, 0.1) is 0 Å². The van der Waals surface area contributed by atoms with Crippen LogP contribution in [-0.2, 0) is 20.7 Å². The van der Waals surface area contributed by atoms with Crippen molar-refractivity contribution in [3.05, 3.63) is 51.6 Å².